The van der Waals surface area contributed by atoms with Crippen LogP contribution in [0.5, 0.6) is 0 Å². The number of rotatable bonds is 7. The molecule has 0 amide bonds. The van der Waals surface area contributed by atoms with E-state index in [1.54, 1.807) is 7.11 Å². The Hall–Kier alpha value is -1.49. The van der Waals surface area contributed by atoms with Gasteiger partial charge in [0.25, 0.3) is 0 Å². The van der Waals surface area contributed by atoms with E-state index in [2.05, 4.69) is 9.97 Å². The van der Waals surface area contributed by atoms with Gasteiger partial charge in [-0.1, -0.05) is 13.8 Å². The number of carbonyl (C=O) groups is 1. The Bertz CT molecular complexity index is 394. The van der Waals surface area contributed by atoms with Crippen molar-refractivity contribution in [3.8, 4) is 0 Å². The molecule has 0 saturated heterocycles. The number of carboxylic acids is 1. The normalized spacial score (nSPS) is 10.6. The van der Waals surface area contributed by atoms with Crippen molar-refractivity contribution in [2.45, 2.75) is 39.5 Å². The van der Waals surface area contributed by atoms with Crippen molar-refractivity contribution >= 4 is 5.97 Å². The Labute approximate surface area is 107 Å². The molecule has 0 aliphatic heterocycles. The molecule has 18 heavy (non-hydrogen) atoms. The average Bonchev–Trinajstić information content (AvgIpc) is 2.36. The number of aromatic nitrogens is 2. The van der Waals surface area contributed by atoms with E-state index in [4.69, 9.17) is 9.84 Å². The highest BCUT2D eigenvalue weighted by atomic mass is 16.5. The summed E-state index contributed by atoms with van der Waals surface area (Å²) in [5.74, 6) is -0.104. The minimum absolute atomic E-state index is 0.00307. The first-order chi connectivity index (χ1) is 8.62. The van der Waals surface area contributed by atoms with Crippen molar-refractivity contribution in [1.82, 2.24) is 9.97 Å². The SMILES string of the molecule is CCc1nc(CCOC)nc(CC)c1CC(=O)O. The molecule has 1 heterocycles. The molecule has 1 N–H and O–H groups in total. The molecule has 5 nitrogen and oxygen atoms in total. The molecule has 0 saturated carbocycles. The summed E-state index contributed by atoms with van der Waals surface area (Å²) in [4.78, 5) is 19.8. The summed E-state index contributed by atoms with van der Waals surface area (Å²) in [7, 11) is 1.64. The summed E-state index contributed by atoms with van der Waals surface area (Å²) in [6, 6.07) is 0. The first kappa shape index (κ1) is 14.6. The molecule has 0 aliphatic carbocycles. The molecule has 0 unspecified atom stereocenters. The van der Waals surface area contributed by atoms with E-state index in [-0.39, 0.29) is 6.42 Å². The summed E-state index contributed by atoms with van der Waals surface area (Å²) in [5, 5.41) is 8.94. The van der Waals surface area contributed by atoms with Gasteiger partial charge in [-0.25, -0.2) is 9.97 Å². The predicted octanol–water partition coefficient (Wildman–Crippen LogP) is 1.42. The summed E-state index contributed by atoms with van der Waals surface area (Å²) >= 11 is 0. The zero-order chi connectivity index (χ0) is 13.5. The molecule has 0 aliphatic rings. The molecule has 100 valence electrons. The highest BCUT2D eigenvalue weighted by Gasteiger charge is 2.14. The molecule has 1 rings (SSSR count). The Balaban J connectivity index is 3.12. The van der Waals surface area contributed by atoms with Gasteiger partial charge in [0.05, 0.1) is 13.0 Å². The lowest BCUT2D eigenvalue weighted by Crippen LogP contribution is -2.14. The number of hydrogen-bond acceptors (Lipinski definition) is 4. The maximum absolute atomic E-state index is 10.9. The van der Waals surface area contributed by atoms with Gasteiger partial charge in [-0.3, -0.25) is 4.79 Å². The van der Waals surface area contributed by atoms with Crippen LogP contribution in [0.1, 0.15) is 36.6 Å². The lowest BCUT2D eigenvalue weighted by molar-refractivity contribution is -0.136. The van der Waals surface area contributed by atoms with Crippen molar-refractivity contribution in [2.75, 3.05) is 13.7 Å². The molecule has 0 spiro atoms. The summed E-state index contributed by atoms with van der Waals surface area (Å²) in [6.07, 6.45) is 2.09. The molecule has 0 atom stereocenters. The topological polar surface area (TPSA) is 72.3 Å². The molecular weight excluding hydrogens is 232 g/mol. The number of aliphatic carboxylic acids is 1. The number of methoxy groups -OCH3 is 1. The van der Waals surface area contributed by atoms with Crippen LogP contribution in [-0.4, -0.2) is 34.8 Å². The molecule has 1 aromatic rings. The molecule has 0 fully saturated rings. The molecule has 0 aromatic carbocycles. The van der Waals surface area contributed by atoms with Crippen LogP contribution in [0.4, 0.5) is 0 Å². The minimum atomic E-state index is -0.840. The smallest absolute Gasteiger partial charge is 0.307 e. The molecule has 5 heteroatoms. The van der Waals surface area contributed by atoms with Crippen LogP contribution in [-0.2, 0) is 35.2 Å². The van der Waals surface area contributed by atoms with E-state index >= 15 is 0 Å². The van der Waals surface area contributed by atoms with Crippen molar-refractivity contribution < 1.29 is 14.6 Å². The number of hydrogen-bond donors (Lipinski definition) is 1. The second-order valence-corrected chi connectivity index (χ2v) is 4.03. The van der Waals surface area contributed by atoms with Gasteiger partial charge < -0.3 is 9.84 Å². The monoisotopic (exact) mass is 252 g/mol. The third-order valence-corrected chi connectivity index (χ3v) is 2.75. The van der Waals surface area contributed by atoms with Crippen LogP contribution in [0.15, 0.2) is 0 Å². The van der Waals surface area contributed by atoms with E-state index < -0.39 is 5.97 Å². The van der Waals surface area contributed by atoms with Gasteiger partial charge in [0.2, 0.25) is 0 Å². The van der Waals surface area contributed by atoms with Gasteiger partial charge >= 0.3 is 5.97 Å². The lowest BCUT2D eigenvalue weighted by Gasteiger charge is -2.12. The predicted molar refractivity (Wildman–Crippen MR) is 67.7 cm³/mol. The van der Waals surface area contributed by atoms with Gasteiger partial charge in [-0.2, -0.15) is 0 Å². The molecule has 0 radical (unpaired) electrons. The van der Waals surface area contributed by atoms with Crippen molar-refractivity contribution in [2.24, 2.45) is 0 Å². The highest BCUT2D eigenvalue weighted by Crippen LogP contribution is 2.15. The van der Waals surface area contributed by atoms with Crippen LogP contribution in [0.3, 0.4) is 0 Å². The third-order valence-electron chi connectivity index (χ3n) is 2.75. The van der Waals surface area contributed by atoms with E-state index in [9.17, 15) is 4.79 Å². The Morgan fingerprint density at radius 1 is 1.22 bits per heavy atom. The zero-order valence-corrected chi connectivity index (χ0v) is 11.2. The second kappa shape index (κ2) is 7.06. The van der Waals surface area contributed by atoms with E-state index in [1.807, 2.05) is 13.8 Å². The van der Waals surface area contributed by atoms with Gasteiger partial charge in [0, 0.05) is 30.5 Å². The maximum Gasteiger partial charge on any atom is 0.307 e. The van der Waals surface area contributed by atoms with Gasteiger partial charge in [0.1, 0.15) is 5.82 Å². The van der Waals surface area contributed by atoms with Crippen LogP contribution < -0.4 is 0 Å². The fourth-order valence-corrected chi connectivity index (χ4v) is 1.88. The third kappa shape index (κ3) is 3.77. The van der Waals surface area contributed by atoms with Gasteiger partial charge in [0.15, 0.2) is 0 Å². The fraction of sp³-hybridized carbons (Fsp3) is 0.615. The Morgan fingerprint density at radius 3 is 2.17 bits per heavy atom. The van der Waals surface area contributed by atoms with Crippen LogP contribution in [0.25, 0.3) is 0 Å². The minimum Gasteiger partial charge on any atom is -0.481 e. The molecule has 1 aromatic heterocycles. The zero-order valence-electron chi connectivity index (χ0n) is 11.2. The van der Waals surface area contributed by atoms with Crippen molar-refractivity contribution in [3.05, 3.63) is 22.8 Å². The van der Waals surface area contributed by atoms with Crippen LogP contribution in [0, 0.1) is 0 Å². The number of carboxylic acid groups (broad SMARTS) is 1. The second-order valence-electron chi connectivity index (χ2n) is 4.03. The number of ether oxygens (including phenoxy) is 1. The number of nitrogens with zero attached hydrogens (tertiary/aromatic N) is 2. The van der Waals surface area contributed by atoms with E-state index in [0.29, 0.717) is 13.0 Å². The van der Waals surface area contributed by atoms with Crippen LogP contribution in [0.2, 0.25) is 0 Å². The first-order valence-electron chi connectivity index (χ1n) is 6.20. The van der Waals surface area contributed by atoms with E-state index in [0.717, 1.165) is 35.6 Å². The van der Waals surface area contributed by atoms with Crippen LogP contribution >= 0.6 is 0 Å². The quantitative estimate of drug-likeness (QED) is 0.794. The average molecular weight is 252 g/mol. The summed E-state index contributed by atoms with van der Waals surface area (Å²) in [5.41, 5.74) is 2.46. The summed E-state index contributed by atoms with van der Waals surface area (Å²) in [6.45, 7) is 4.53. The first-order valence-corrected chi connectivity index (χ1v) is 6.20. The van der Waals surface area contributed by atoms with Gasteiger partial charge in [-0.15, -0.1) is 0 Å². The highest BCUT2D eigenvalue weighted by molar-refractivity contribution is 5.71. The number of aryl methyl sites for hydroxylation is 2. The fourth-order valence-electron chi connectivity index (χ4n) is 1.88. The maximum atomic E-state index is 10.9. The summed E-state index contributed by atoms with van der Waals surface area (Å²) < 4.78 is 5.01. The van der Waals surface area contributed by atoms with Gasteiger partial charge in [-0.05, 0) is 12.8 Å². The lowest BCUT2D eigenvalue weighted by atomic mass is 10.0. The molecular formula is C13H20N2O3. The van der Waals surface area contributed by atoms with E-state index in [1.165, 1.54) is 0 Å². The van der Waals surface area contributed by atoms with Crippen molar-refractivity contribution in [1.29, 1.82) is 0 Å². The Morgan fingerprint density at radius 2 is 1.78 bits per heavy atom. The standard InChI is InChI=1S/C13H20N2O3/c1-4-10-9(8-13(16)17)11(5-2)15-12(14-10)6-7-18-3/h4-8H2,1-3H3,(H,16,17). The Kier molecular flexibility index (Phi) is 5.71. The van der Waals surface area contributed by atoms with Crippen molar-refractivity contribution in [3.63, 3.8) is 0 Å². The molecule has 0 bridgehead atoms. The largest absolute Gasteiger partial charge is 0.481 e.